The van der Waals surface area contributed by atoms with E-state index >= 15 is 0 Å². The lowest BCUT2D eigenvalue weighted by atomic mass is 9.92. The van der Waals surface area contributed by atoms with Gasteiger partial charge in [0.15, 0.2) is 0 Å². The van der Waals surface area contributed by atoms with Gasteiger partial charge in [-0.1, -0.05) is 12.1 Å². The highest BCUT2D eigenvalue weighted by Gasteiger charge is 2.21. The van der Waals surface area contributed by atoms with Gasteiger partial charge < -0.3 is 5.32 Å². The minimum atomic E-state index is 0.667. The molecule has 1 aromatic heterocycles. The molecule has 0 saturated carbocycles. The Morgan fingerprint density at radius 1 is 1.29 bits per heavy atom. The second kappa shape index (κ2) is 4.43. The van der Waals surface area contributed by atoms with Gasteiger partial charge in [-0.2, -0.15) is 0 Å². The summed E-state index contributed by atoms with van der Waals surface area (Å²) >= 11 is 1.99. The van der Waals surface area contributed by atoms with E-state index in [4.69, 9.17) is 0 Å². The summed E-state index contributed by atoms with van der Waals surface area (Å²) < 4.78 is 1.45. The molecule has 1 nitrogen and oxygen atoms in total. The molecule has 3 rings (SSSR count). The van der Waals surface area contributed by atoms with E-state index < -0.39 is 0 Å². The fraction of sp³-hybridized carbons (Fsp3) is 0.467. The molecule has 90 valence electrons. The summed E-state index contributed by atoms with van der Waals surface area (Å²) in [5, 5.41) is 4.95. The highest BCUT2D eigenvalue weighted by atomic mass is 32.1. The zero-order chi connectivity index (χ0) is 11.8. The molecule has 2 atom stereocenters. The highest BCUT2D eigenvalue weighted by molar-refractivity contribution is 7.19. The van der Waals surface area contributed by atoms with Crippen LogP contribution in [-0.4, -0.2) is 12.6 Å². The fourth-order valence-electron chi connectivity index (χ4n) is 2.75. The largest absolute Gasteiger partial charge is 0.314 e. The number of benzene rings is 1. The van der Waals surface area contributed by atoms with Crippen LogP contribution in [0.3, 0.4) is 0 Å². The first-order chi connectivity index (χ1) is 8.22. The Balaban J connectivity index is 1.94. The van der Waals surface area contributed by atoms with Crippen molar-refractivity contribution in [2.45, 2.75) is 38.6 Å². The van der Waals surface area contributed by atoms with Crippen molar-refractivity contribution in [1.29, 1.82) is 0 Å². The monoisotopic (exact) mass is 245 g/mol. The van der Waals surface area contributed by atoms with Gasteiger partial charge in [0.2, 0.25) is 0 Å². The van der Waals surface area contributed by atoms with Crippen LogP contribution in [0.2, 0.25) is 0 Å². The van der Waals surface area contributed by atoms with Crippen LogP contribution in [0.1, 0.15) is 36.1 Å². The molecule has 17 heavy (non-hydrogen) atoms. The number of piperidine rings is 1. The van der Waals surface area contributed by atoms with Crippen molar-refractivity contribution in [3.63, 3.8) is 0 Å². The summed E-state index contributed by atoms with van der Waals surface area (Å²) in [5.74, 6) is 0.768. The third-order valence-electron chi connectivity index (χ3n) is 3.72. The van der Waals surface area contributed by atoms with Crippen LogP contribution in [-0.2, 0) is 0 Å². The van der Waals surface area contributed by atoms with Crippen molar-refractivity contribution in [1.82, 2.24) is 5.32 Å². The van der Waals surface area contributed by atoms with Gasteiger partial charge in [-0.05, 0) is 62.2 Å². The molecule has 1 aliphatic heterocycles. The van der Waals surface area contributed by atoms with E-state index in [0.717, 1.165) is 5.92 Å². The molecule has 2 unspecified atom stereocenters. The van der Waals surface area contributed by atoms with Gasteiger partial charge in [0.25, 0.3) is 0 Å². The first-order valence-corrected chi connectivity index (χ1v) is 7.27. The molecular formula is C15H19NS. The van der Waals surface area contributed by atoms with Crippen molar-refractivity contribution in [3.05, 3.63) is 34.7 Å². The fourth-order valence-corrected chi connectivity index (χ4v) is 4.06. The number of thiophene rings is 1. The number of aryl methyl sites for hydroxylation is 1. The summed E-state index contributed by atoms with van der Waals surface area (Å²) in [6.07, 6.45) is 2.57. The average molecular weight is 245 g/mol. The van der Waals surface area contributed by atoms with Gasteiger partial charge in [0.1, 0.15) is 0 Å². The minimum absolute atomic E-state index is 0.667. The molecule has 1 fully saturated rings. The van der Waals surface area contributed by atoms with Gasteiger partial charge in [-0.25, -0.2) is 0 Å². The highest BCUT2D eigenvalue weighted by Crippen LogP contribution is 2.36. The van der Waals surface area contributed by atoms with Gasteiger partial charge in [-0.3, -0.25) is 0 Å². The Bertz CT molecular complexity index is 529. The predicted octanol–water partition coefficient (Wildman–Crippen LogP) is 4.07. The zero-order valence-electron chi connectivity index (χ0n) is 10.5. The number of fused-ring (bicyclic) bond motifs is 1. The number of hydrogen-bond donors (Lipinski definition) is 1. The SMILES string of the molecule is Cc1ccc2cc(C3CCNC(C)C3)sc2c1. The van der Waals surface area contributed by atoms with Crippen LogP contribution in [0.5, 0.6) is 0 Å². The van der Waals surface area contributed by atoms with E-state index in [-0.39, 0.29) is 0 Å². The lowest BCUT2D eigenvalue weighted by Crippen LogP contribution is -2.34. The quantitative estimate of drug-likeness (QED) is 0.798. The van der Waals surface area contributed by atoms with Crippen molar-refractivity contribution in [2.24, 2.45) is 0 Å². The van der Waals surface area contributed by atoms with Crippen LogP contribution in [0.15, 0.2) is 24.3 Å². The first-order valence-electron chi connectivity index (χ1n) is 6.46. The average Bonchev–Trinajstić information content (AvgIpc) is 2.72. The standard InChI is InChI=1S/C15H19NS/c1-10-3-4-12-9-15(17-14(12)7-10)13-5-6-16-11(2)8-13/h3-4,7,9,11,13,16H,5-6,8H2,1-2H3. The van der Waals surface area contributed by atoms with E-state index in [2.05, 4.69) is 43.4 Å². The van der Waals surface area contributed by atoms with Gasteiger partial charge in [-0.15, -0.1) is 11.3 Å². The van der Waals surface area contributed by atoms with Crippen LogP contribution in [0.4, 0.5) is 0 Å². The van der Waals surface area contributed by atoms with Crippen LogP contribution < -0.4 is 5.32 Å². The van der Waals surface area contributed by atoms with Crippen molar-refractivity contribution >= 4 is 21.4 Å². The molecule has 2 heterocycles. The smallest absolute Gasteiger partial charge is 0.0348 e. The van der Waals surface area contributed by atoms with E-state index in [0.29, 0.717) is 6.04 Å². The lowest BCUT2D eigenvalue weighted by molar-refractivity contribution is 0.384. The second-order valence-electron chi connectivity index (χ2n) is 5.27. The summed E-state index contributed by atoms with van der Waals surface area (Å²) in [7, 11) is 0. The Kier molecular flexibility index (Phi) is 2.93. The minimum Gasteiger partial charge on any atom is -0.314 e. The number of hydrogen-bond acceptors (Lipinski definition) is 2. The predicted molar refractivity (Wildman–Crippen MR) is 76.0 cm³/mol. The third-order valence-corrected chi connectivity index (χ3v) is 4.98. The van der Waals surface area contributed by atoms with Crippen LogP contribution >= 0.6 is 11.3 Å². The maximum absolute atomic E-state index is 3.53. The molecule has 0 spiro atoms. The van der Waals surface area contributed by atoms with Crippen LogP contribution in [0, 0.1) is 6.92 Å². The van der Waals surface area contributed by atoms with Gasteiger partial charge in [0.05, 0.1) is 0 Å². The second-order valence-corrected chi connectivity index (χ2v) is 6.38. The van der Waals surface area contributed by atoms with Gasteiger partial charge in [0, 0.05) is 15.6 Å². The molecule has 2 aromatic rings. The summed E-state index contributed by atoms with van der Waals surface area (Å²) in [6, 6.07) is 9.86. The topological polar surface area (TPSA) is 12.0 Å². The molecule has 0 bridgehead atoms. The summed E-state index contributed by atoms with van der Waals surface area (Å²) in [4.78, 5) is 1.58. The van der Waals surface area contributed by atoms with E-state index in [1.54, 1.807) is 4.88 Å². The Hall–Kier alpha value is -0.860. The van der Waals surface area contributed by atoms with Gasteiger partial charge >= 0.3 is 0 Å². The number of rotatable bonds is 1. The molecule has 1 aromatic carbocycles. The Morgan fingerprint density at radius 3 is 3.00 bits per heavy atom. The molecule has 0 radical (unpaired) electrons. The maximum atomic E-state index is 3.53. The molecule has 1 saturated heterocycles. The molecule has 1 N–H and O–H groups in total. The summed E-state index contributed by atoms with van der Waals surface area (Å²) in [6.45, 7) is 5.63. The number of nitrogens with one attached hydrogen (secondary N) is 1. The molecular weight excluding hydrogens is 226 g/mol. The maximum Gasteiger partial charge on any atom is 0.0348 e. The molecule has 2 heteroatoms. The van der Waals surface area contributed by atoms with Crippen molar-refractivity contribution in [3.8, 4) is 0 Å². The lowest BCUT2D eigenvalue weighted by Gasteiger charge is -2.27. The van der Waals surface area contributed by atoms with Crippen LogP contribution in [0.25, 0.3) is 10.1 Å². The van der Waals surface area contributed by atoms with Crippen molar-refractivity contribution in [2.75, 3.05) is 6.54 Å². The first kappa shape index (κ1) is 11.2. The Labute approximate surface area is 107 Å². The molecule has 1 aliphatic rings. The third kappa shape index (κ3) is 2.24. The zero-order valence-corrected chi connectivity index (χ0v) is 11.3. The Morgan fingerprint density at radius 2 is 2.18 bits per heavy atom. The van der Waals surface area contributed by atoms with E-state index in [1.165, 1.54) is 35.0 Å². The normalized spacial score (nSPS) is 25.3. The molecule has 0 aliphatic carbocycles. The molecule has 0 amide bonds. The van der Waals surface area contributed by atoms with Crippen molar-refractivity contribution < 1.29 is 0 Å². The van der Waals surface area contributed by atoms with E-state index in [1.807, 2.05) is 11.3 Å². The van der Waals surface area contributed by atoms with E-state index in [9.17, 15) is 0 Å². The summed E-state index contributed by atoms with van der Waals surface area (Å²) in [5.41, 5.74) is 1.37.